The quantitative estimate of drug-likeness (QED) is 0.910. The van der Waals surface area contributed by atoms with Gasteiger partial charge in [-0.1, -0.05) is 12.1 Å². The molecule has 1 heterocycles. The second-order valence-electron chi connectivity index (χ2n) is 3.97. The second-order valence-corrected chi connectivity index (χ2v) is 4.83. The Morgan fingerprint density at radius 2 is 2.06 bits per heavy atom. The van der Waals surface area contributed by atoms with Crippen LogP contribution in [0.1, 0.15) is 23.2 Å². The molecular formula is C12H12BrNO3. The van der Waals surface area contributed by atoms with Gasteiger partial charge in [0.05, 0.1) is 5.56 Å². The van der Waals surface area contributed by atoms with Crippen molar-refractivity contribution in [1.82, 2.24) is 4.90 Å². The van der Waals surface area contributed by atoms with Crippen molar-refractivity contribution < 1.29 is 14.7 Å². The fourth-order valence-corrected chi connectivity index (χ4v) is 2.51. The number of amides is 1. The third-order valence-corrected chi connectivity index (χ3v) is 3.59. The fourth-order valence-electron chi connectivity index (χ4n) is 2.06. The molecule has 0 aromatic heterocycles. The van der Waals surface area contributed by atoms with Crippen molar-refractivity contribution in [1.29, 1.82) is 0 Å². The number of carbonyl (C=O) groups is 2. The van der Waals surface area contributed by atoms with Crippen molar-refractivity contribution >= 4 is 27.8 Å². The summed E-state index contributed by atoms with van der Waals surface area (Å²) >= 11 is 3.31. The van der Waals surface area contributed by atoms with Gasteiger partial charge in [0.15, 0.2) is 0 Å². The van der Waals surface area contributed by atoms with Gasteiger partial charge in [0.25, 0.3) is 5.91 Å². The van der Waals surface area contributed by atoms with E-state index in [4.69, 9.17) is 5.11 Å². The van der Waals surface area contributed by atoms with Gasteiger partial charge in [0.1, 0.15) is 6.04 Å². The maximum Gasteiger partial charge on any atom is 0.326 e. The van der Waals surface area contributed by atoms with Crippen LogP contribution in [0, 0.1) is 0 Å². The first kappa shape index (κ1) is 12.1. The van der Waals surface area contributed by atoms with Gasteiger partial charge in [-0.25, -0.2) is 4.79 Å². The van der Waals surface area contributed by atoms with Crippen LogP contribution in [-0.2, 0) is 4.79 Å². The van der Waals surface area contributed by atoms with E-state index in [0.29, 0.717) is 23.0 Å². The fraction of sp³-hybridized carbons (Fsp3) is 0.333. The Balaban J connectivity index is 2.26. The summed E-state index contributed by atoms with van der Waals surface area (Å²) in [4.78, 5) is 24.7. The van der Waals surface area contributed by atoms with E-state index in [9.17, 15) is 9.59 Å². The summed E-state index contributed by atoms with van der Waals surface area (Å²) in [7, 11) is 0. The number of nitrogens with zero attached hydrogens (tertiary/aromatic N) is 1. The van der Waals surface area contributed by atoms with Gasteiger partial charge in [-0.3, -0.25) is 4.79 Å². The monoisotopic (exact) mass is 297 g/mol. The Morgan fingerprint density at radius 3 is 2.71 bits per heavy atom. The number of carboxylic acid groups (broad SMARTS) is 1. The molecular weight excluding hydrogens is 286 g/mol. The van der Waals surface area contributed by atoms with Crippen LogP contribution in [0.5, 0.6) is 0 Å². The van der Waals surface area contributed by atoms with Crippen molar-refractivity contribution in [3.63, 3.8) is 0 Å². The van der Waals surface area contributed by atoms with E-state index in [1.807, 2.05) is 6.07 Å². The van der Waals surface area contributed by atoms with Gasteiger partial charge in [-0.2, -0.15) is 0 Å². The molecule has 0 spiro atoms. The van der Waals surface area contributed by atoms with E-state index < -0.39 is 12.0 Å². The SMILES string of the molecule is O=C(O)[C@@H]1CCCN1C(=O)c1ccccc1Br. The summed E-state index contributed by atoms with van der Waals surface area (Å²) in [5.41, 5.74) is 0.514. The van der Waals surface area contributed by atoms with Crippen LogP contribution < -0.4 is 0 Å². The van der Waals surface area contributed by atoms with Crippen molar-refractivity contribution in [3.8, 4) is 0 Å². The van der Waals surface area contributed by atoms with E-state index in [2.05, 4.69) is 15.9 Å². The molecule has 1 aromatic rings. The number of rotatable bonds is 2. The Hall–Kier alpha value is -1.36. The zero-order valence-corrected chi connectivity index (χ0v) is 10.7. The largest absolute Gasteiger partial charge is 0.480 e. The van der Waals surface area contributed by atoms with Crippen LogP contribution >= 0.6 is 15.9 Å². The van der Waals surface area contributed by atoms with Crippen molar-refractivity contribution in [2.45, 2.75) is 18.9 Å². The van der Waals surface area contributed by atoms with Crippen molar-refractivity contribution in [3.05, 3.63) is 34.3 Å². The van der Waals surface area contributed by atoms with Gasteiger partial charge in [0, 0.05) is 11.0 Å². The van der Waals surface area contributed by atoms with E-state index in [1.54, 1.807) is 18.2 Å². The Morgan fingerprint density at radius 1 is 1.35 bits per heavy atom. The molecule has 1 aliphatic heterocycles. The number of hydrogen-bond donors (Lipinski definition) is 1. The molecule has 0 bridgehead atoms. The highest BCUT2D eigenvalue weighted by Crippen LogP contribution is 2.24. The second kappa shape index (κ2) is 4.87. The topological polar surface area (TPSA) is 57.6 Å². The van der Waals surface area contributed by atoms with Gasteiger partial charge in [0.2, 0.25) is 0 Å². The van der Waals surface area contributed by atoms with Gasteiger partial charge < -0.3 is 10.0 Å². The Bertz CT molecular complexity index is 461. The predicted molar refractivity (Wildman–Crippen MR) is 65.8 cm³/mol. The number of aliphatic carboxylic acids is 1. The highest BCUT2D eigenvalue weighted by Gasteiger charge is 2.34. The molecule has 1 N–H and O–H groups in total. The number of carboxylic acids is 1. The van der Waals surface area contributed by atoms with Crippen molar-refractivity contribution in [2.75, 3.05) is 6.54 Å². The standard InChI is InChI=1S/C12H12BrNO3/c13-9-5-2-1-4-8(9)11(15)14-7-3-6-10(14)12(16)17/h1-2,4-5,10H,3,6-7H2,(H,16,17)/t10-/m0/s1. The minimum atomic E-state index is -0.928. The van der Waals surface area contributed by atoms with Gasteiger partial charge >= 0.3 is 5.97 Å². The molecule has 1 amide bonds. The van der Waals surface area contributed by atoms with Crippen LogP contribution in [-0.4, -0.2) is 34.5 Å². The molecule has 0 unspecified atom stereocenters. The molecule has 4 nitrogen and oxygen atoms in total. The average molecular weight is 298 g/mol. The Kier molecular flexibility index (Phi) is 3.47. The molecule has 0 aliphatic carbocycles. The molecule has 1 fully saturated rings. The molecule has 90 valence electrons. The molecule has 0 radical (unpaired) electrons. The van der Waals surface area contributed by atoms with E-state index in [1.165, 1.54) is 4.90 Å². The third kappa shape index (κ3) is 2.34. The van der Waals surface area contributed by atoms with Gasteiger partial charge in [-0.15, -0.1) is 0 Å². The lowest BCUT2D eigenvalue weighted by Crippen LogP contribution is -2.40. The lowest BCUT2D eigenvalue weighted by atomic mass is 10.1. The molecule has 1 aliphatic rings. The lowest BCUT2D eigenvalue weighted by molar-refractivity contribution is -0.141. The van der Waals surface area contributed by atoms with E-state index >= 15 is 0 Å². The highest BCUT2D eigenvalue weighted by atomic mass is 79.9. The maximum absolute atomic E-state index is 12.2. The van der Waals surface area contributed by atoms with Crippen LogP contribution in [0.25, 0.3) is 0 Å². The summed E-state index contributed by atoms with van der Waals surface area (Å²) in [6.07, 6.45) is 1.28. The first-order valence-corrected chi connectivity index (χ1v) is 6.19. The summed E-state index contributed by atoms with van der Waals surface area (Å²) in [5.74, 6) is -1.15. The predicted octanol–water partition coefficient (Wildman–Crippen LogP) is 2.14. The van der Waals surface area contributed by atoms with Gasteiger partial charge in [-0.05, 0) is 40.9 Å². The van der Waals surface area contributed by atoms with Crippen LogP contribution in [0.3, 0.4) is 0 Å². The van der Waals surface area contributed by atoms with Crippen LogP contribution in [0.15, 0.2) is 28.7 Å². The molecule has 17 heavy (non-hydrogen) atoms. The highest BCUT2D eigenvalue weighted by molar-refractivity contribution is 9.10. The molecule has 0 saturated carbocycles. The van der Waals surface area contributed by atoms with Crippen LogP contribution in [0.4, 0.5) is 0 Å². The smallest absolute Gasteiger partial charge is 0.326 e. The number of likely N-dealkylation sites (tertiary alicyclic amines) is 1. The Labute approximate surface area is 107 Å². The summed E-state index contributed by atoms with van der Waals surface area (Å²) in [6, 6.07) is 6.38. The minimum Gasteiger partial charge on any atom is -0.480 e. The number of halogens is 1. The first-order valence-electron chi connectivity index (χ1n) is 5.39. The average Bonchev–Trinajstić information content (AvgIpc) is 2.77. The molecule has 2 rings (SSSR count). The number of benzene rings is 1. The number of hydrogen-bond acceptors (Lipinski definition) is 2. The minimum absolute atomic E-state index is 0.220. The first-order chi connectivity index (χ1) is 8.11. The van der Waals surface area contributed by atoms with Crippen LogP contribution in [0.2, 0.25) is 0 Å². The normalized spacial score (nSPS) is 19.4. The molecule has 1 atom stereocenters. The summed E-state index contributed by atoms with van der Waals surface area (Å²) in [5, 5.41) is 9.04. The third-order valence-electron chi connectivity index (χ3n) is 2.90. The maximum atomic E-state index is 12.2. The van der Waals surface area contributed by atoms with Crippen molar-refractivity contribution in [2.24, 2.45) is 0 Å². The summed E-state index contributed by atoms with van der Waals surface area (Å²) in [6.45, 7) is 0.511. The van der Waals surface area contributed by atoms with E-state index in [0.717, 1.165) is 6.42 Å². The zero-order valence-electron chi connectivity index (χ0n) is 9.10. The number of carbonyl (C=O) groups excluding carboxylic acids is 1. The summed E-state index contributed by atoms with van der Waals surface area (Å²) < 4.78 is 0.695. The molecule has 5 heteroatoms. The zero-order chi connectivity index (χ0) is 12.4. The lowest BCUT2D eigenvalue weighted by Gasteiger charge is -2.21. The van der Waals surface area contributed by atoms with E-state index in [-0.39, 0.29) is 5.91 Å². The molecule has 1 aromatic carbocycles. The molecule has 1 saturated heterocycles.